The molecule has 0 bridgehead atoms. The fourth-order valence-corrected chi connectivity index (χ4v) is 1.92. The molecule has 1 rings (SSSR count). The lowest BCUT2D eigenvalue weighted by atomic mass is 10.2. The smallest absolute Gasteiger partial charge is 0.256 e. The van der Waals surface area contributed by atoms with Crippen LogP contribution in [0.1, 0.15) is 43.0 Å². The minimum Gasteiger partial charge on any atom is -0.396 e. The SMILES string of the molecule is CCCNc1nccc(C(=O)N(C)CCCCCO)c1F. The number of rotatable bonds is 9. The fourth-order valence-electron chi connectivity index (χ4n) is 1.92. The summed E-state index contributed by atoms with van der Waals surface area (Å²) < 4.78 is 14.2. The maximum Gasteiger partial charge on any atom is 0.256 e. The van der Waals surface area contributed by atoms with Crippen LogP contribution in [-0.2, 0) is 0 Å². The average Bonchev–Trinajstić information content (AvgIpc) is 2.49. The number of aliphatic hydroxyl groups excluding tert-OH is 1. The van der Waals surface area contributed by atoms with Crippen LogP contribution in [0.4, 0.5) is 10.2 Å². The van der Waals surface area contributed by atoms with Crippen LogP contribution in [0, 0.1) is 5.82 Å². The second-order valence-corrected chi connectivity index (χ2v) is 4.96. The monoisotopic (exact) mass is 297 g/mol. The molecule has 0 saturated heterocycles. The maximum atomic E-state index is 14.2. The van der Waals surface area contributed by atoms with Crippen LogP contribution < -0.4 is 5.32 Å². The van der Waals surface area contributed by atoms with E-state index in [4.69, 9.17) is 5.11 Å². The van der Waals surface area contributed by atoms with Gasteiger partial charge in [-0.15, -0.1) is 0 Å². The summed E-state index contributed by atoms with van der Waals surface area (Å²) in [6.45, 7) is 3.28. The van der Waals surface area contributed by atoms with Crippen molar-refractivity contribution in [3.8, 4) is 0 Å². The summed E-state index contributed by atoms with van der Waals surface area (Å²) in [5.74, 6) is -0.826. The third-order valence-electron chi connectivity index (χ3n) is 3.16. The Balaban J connectivity index is 2.68. The summed E-state index contributed by atoms with van der Waals surface area (Å²) in [7, 11) is 1.65. The topological polar surface area (TPSA) is 65.5 Å². The number of anilines is 1. The standard InChI is InChI=1S/C15H24FN3O2/c1-3-8-17-14-13(16)12(7-9-18-14)15(21)19(2)10-5-4-6-11-20/h7,9,20H,3-6,8,10-11H2,1-2H3,(H,17,18). The molecule has 0 spiro atoms. The van der Waals surface area contributed by atoms with Gasteiger partial charge < -0.3 is 15.3 Å². The number of unbranched alkanes of at least 4 members (excludes halogenated alkanes) is 2. The third kappa shape index (κ3) is 5.30. The molecule has 0 radical (unpaired) electrons. The highest BCUT2D eigenvalue weighted by Gasteiger charge is 2.18. The summed E-state index contributed by atoms with van der Waals surface area (Å²) in [6, 6.07) is 1.40. The summed E-state index contributed by atoms with van der Waals surface area (Å²) >= 11 is 0. The number of hydrogen-bond donors (Lipinski definition) is 2. The van der Waals surface area contributed by atoms with Gasteiger partial charge in [0.1, 0.15) is 0 Å². The Morgan fingerprint density at radius 3 is 2.86 bits per heavy atom. The van der Waals surface area contributed by atoms with Crippen LogP contribution in [0.5, 0.6) is 0 Å². The lowest BCUT2D eigenvalue weighted by Crippen LogP contribution is -2.29. The van der Waals surface area contributed by atoms with E-state index in [-0.39, 0.29) is 23.9 Å². The number of halogens is 1. The number of aliphatic hydroxyl groups is 1. The predicted octanol–water partition coefficient (Wildman–Crippen LogP) is 2.28. The highest BCUT2D eigenvalue weighted by atomic mass is 19.1. The first-order valence-electron chi connectivity index (χ1n) is 7.36. The van der Waals surface area contributed by atoms with Crippen molar-refractivity contribution < 1.29 is 14.3 Å². The highest BCUT2D eigenvalue weighted by Crippen LogP contribution is 2.16. The van der Waals surface area contributed by atoms with Gasteiger partial charge in [-0.2, -0.15) is 0 Å². The Kier molecular flexibility index (Phi) is 7.68. The molecule has 118 valence electrons. The van der Waals surface area contributed by atoms with Gasteiger partial charge in [0.15, 0.2) is 11.6 Å². The molecule has 0 aliphatic carbocycles. The van der Waals surface area contributed by atoms with E-state index >= 15 is 0 Å². The van der Waals surface area contributed by atoms with E-state index in [0.717, 1.165) is 25.7 Å². The van der Waals surface area contributed by atoms with Crippen LogP contribution in [0.15, 0.2) is 12.3 Å². The van der Waals surface area contributed by atoms with Gasteiger partial charge in [-0.1, -0.05) is 6.92 Å². The Morgan fingerprint density at radius 1 is 1.43 bits per heavy atom. The van der Waals surface area contributed by atoms with E-state index in [9.17, 15) is 9.18 Å². The molecule has 21 heavy (non-hydrogen) atoms. The van der Waals surface area contributed by atoms with Crippen molar-refractivity contribution in [2.75, 3.05) is 32.1 Å². The maximum absolute atomic E-state index is 14.2. The van der Waals surface area contributed by atoms with Gasteiger partial charge in [-0.05, 0) is 31.7 Å². The first-order valence-corrected chi connectivity index (χ1v) is 7.36. The molecule has 0 aliphatic heterocycles. The molecule has 1 heterocycles. The zero-order valence-electron chi connectivity index (χ0n) is 12.7. The normalized spacial score (nSPS) is 10.5. The van der Waals surface area contributed by atoms with Gasteiger partial charge in [-0.25, -0.2) is 9.37 Å². The Hall–Kier alpha value is -1.69. The minimum absolute atomic E-state index is 0.0354. The van der Waals surface area contributed by atoms with Gasteiger partial charge >= 0.3 is 0 Å². The van der Waals surface area contributed by atoms with Crippen LogP contribution in [0.2, 0.25) is 0 Å². The zero-order chi connectivity index (χ0) is 15.7. The van der Waals surface area contributed by atoms with Crippen molar-refractivity contribution in [3.63, 3.8) is 0 Å². The van der Waals surface area contributed by atoms with Crippen LogP contribution in [0.25, 0.3) is 0 Å². The molecule has 0 saturated carbocycles. The zero-order valence-corrected chi connectivity index (χ0v) is 12.7. The second kappa shape index (κ2) is 9.28. The largest absolute Gasteiger partial charge is 0.396 e. The summed E-state index contributed by atoms with van der Waals surface area (Å²) in [5, 5.41) is 11.6. The summed E-state index contributed by atoms with van der Waals surface area (Å²) in [4.78, 5) is 17.7. The number of carbonyl (C=O) groups excluding carboxylic acids is 1. The second-order valence-electron chi connectivity index (χ2n) is 4.96. The van der Waals surface area contributed by atoms with Crippen molar-refractivity contribution in [1.82, 2.24) is 9.88 Å². The first-order chi connectivity index (χ1) is 10.1. The number of pyridine rings is 1. The lowest BCUT2D eigenvalue weighted by Gasteiger charge is -2.18. The molecule has 6 heteroatoms. The number of aromatic nitrogens is 1. The van der Waals surface area contributed by atoms with Crippen molar-refractivity contribution in [2.24, 2.45) is 0 Å². The van der Waals surface area contributed by atoms with Gasteiger partial charge in [0.05, 0.1) is 5.56 Å². The number of nitrogens with zero attached hydrogens (tertiary/aromatic N) is 2. The van der Waals surface area contributed by atoms with Crippen LogP contribution in [-0.4, -0.2) is 47.6 Å². The number of amides is 1. The van der Waals surface area contributed by atoms with E-state index in [0.29, 0.717) is 13.1 Å². The van der Waals surface area contributed by atoms with Crippen molar-refractivity contribution in [1.29, 1.82) is 0 Å². The summed E-state index contributed by atoms with van der Waals surface area (Å²) in [6.07, 6.45) is 4.64. The van der Waals surface area contributed by atoms with Crippen molar-refractivity contribution >= 4 is 11.7 Å². The minimum atomic E-state index is -0.599. The highest BCUT2D eigenvalue weighted by molar-refractivity contribution is 5.95. The molecule has 2 N–H and O–H groups in total. The molecule has 0 aromatic carbocycles. The molecular formula is C15H24FN3O2. The van der Waals surface area contributed by atoms with Crippen molar-refractivity contribution in [3.05, 3.63) is 23.6 Å². The molecule has 0 atom stereocenters. The number of hydrogen-bond acceptors (Lipinski definition) is 4. The van der Waals surface area contributed by atoms with Gasteiger partial charge in [0, 0.05) is 32.9 Å². The van der Waals surface area contributed by atoms with Crippen LogP contribution in [0.3, 0.4) is 0 Å². The quantitative estimate of drug-likeness (QED) is 0.686. The number of nitrogens with one attached hydrogen (secondary N) is 1. The molecule has 1 aromatic heterocycles. The van der Waals surface area contributed by atoms with Crippen molar-refractivity contribution in [2.45, 2.75) is 32.6 Å². The van der Waals surface area contributed by atoms with E-state index < -0.39 is 5.82 Å². The predicted molar refractivity (Wildman–Crippen MR) is 80.9 cm³/mol. The Labute approximate surface area is 125 Å². The number of carbonyl (C=O) groups is 1. The average molecular weight is 297 g/mol. The molecule has 0 unspecified atom stereocenters. The summed E-state index contributed by atoms with van der Waals surface area (Å²) in [5.41, 5.74) is 0.0354. The van der Waals surface area contributed by atoms with E-state index in [1.54, 1.807) is 7.05 Å². The van der Waals surface area contributed by atoms with Gasteiger partial charge in [0.25, 0.3) is 5.91 Å². The molecule has 1 aromatic rings. The molecular weight excluding hydrogens is 273 g/mol. The molecule has 1 amide bonds. The molecule has 0 fully saturated rings. The van der Waals surface area contributed by atoms with E-state index in [2.05, 4.69) is 10.3 Å². The van der Waals surface area contributed by atoms with Gasteiger partial charge in [0.2, 0.25) is 0 Å². The lowest BCUT2D eigenvalue weighted by molar-refractivity contribution is 0.0787. The van der Waals surface area contributed by atoms with E-state index in [1.165, 1.54) is 17.2 Å². The van der Waals surface area contributed by atoms with Crippen LogP contribution >= 0.6 is 0 Å². The first kappa shape index (κ1) is 17.4. The Bertz CT molecular complexity index is 455. The van der Waals surface area contributed by atoms with Gasteiger partial charge in [-0.3, -0.25) is 4.79 Å². The molecule has 5 nitrogen and oxygen atoms in total. The third-order valence-corrected chi connectivity index (χ3v) is 3.16. The fraction of sp³-hybridized carbons (Fsp3) is 0.600. The molecule has 0 aliphatic rings. The van der Waals surface area contributed by atoms with E-state index in [1.807, 2.05) is 6.92 Å². The Morgan fingerprint density at radius 2 is 2.19 bits per heavy atom.